The fourth-order valence-electron chi connectivity index (χ4n) is 17.8. The number of methoxy groups -OCH3 is 2. The van der Waals surface area contributed by atoms with Crippen molar-refractivity contribution < 1.29 is 28.8 Å². The lowest BCUT2D eigenvalue weighted by atomic mass is 9.35. The highest BCUT2D eigenvalue weighted by Gasteiger charge is 2.82. The van der Waals surface area contributed by atoms with E-state index < -0.39 is 16.8 Å². The molecule has 4 aromatic rings. The molecule has 8 bridgehead atoms. The van der Waals surface area contributed by atoms with Gasteiger partial charge in [-0.05, 0) is 118 Å². The number of benzene rings is 4. The van der Waals surface area contributed by atoms with Gasteiger partial charge in [-0.2, -0.15) is 0 Å². The third-order valence-corrected chi connectivity index (χ3v) is 21.4. The third-order valence-electron chi connectivity index (χ3n) is 21.4. The van der Waals surface area contributed by atoms with Crippen LogP contribution < -0.4 is 9.47 Å². The topological polar surface area (TPSA) is 80.7 Å². The number of aryl methyl sites for hydroxylation is 2. The quantitative estimate of drug-likeness (QED) is 0.175. The Morgan fingerprint density at radius 1 is 0.657 bits per heavy atom. The van der Waals surface area contributed by atoms with Crippen molar-refractivity contribution in [3.8, 4) is 11.5 Å². The number of carbonyl (C=O) groups excluding carboxylic acids is 1. The zero-order chi connectivity index (χ0) is 48.6. The Labute approximate surface area is 415 Å². The fraction of sp³-hybridized carbons (Fsp3) is 0.532. The molecule has 16 rings (SSSR count). The lowest BCUT2D eigenvalue weighted by Gasteiger charge is -2.73. The number of nitrogens with zero attached hydrogens (tertiary/aromatic N) is 2. The molecule has 4 spiro atoms. The molecule has 70 heavy (non-hydrogen) atoms. The standard InChI is InChI=1S/C33H41NO3.C29H31NO3/c1-21-12-13-23-18-25-31-14-15-33(36-6,24(19-31)30(5,35)29(2,3)4)28-32(31,26(23)27(21)37-28)16-17-34(25)20-22-10-8-7-9-11-22;1-18-9-10-21-15-23-27-11-12-29(32-3,22(16-27)19(2)31)26-28(27,24(21)25(18)33-26)13-14-30(23)17-20-7-5-4-6-8-20/h7-15,24-25,28,35H,16-20H2,1-6H3;4-12,22-23,26H,13-17H2,1-3H3/t24-,25-,28-,30+,31-,32+,33-;22-,23-,26-,27-,28+,29-/m11/s1. The van der Waals surface area contributed by atoms with Crippen LogP contribution in [0.5, 0.6) is 11.5 Å². The number of ether oxygens (including phenoxy) is 4. The van der Waals surface area contributed by atoms with Gasteiger partial charge in [-0.25, -0.2) is 0 Å². The molecule has 4 aromatic carbocycles. The van der Waals surface area contributed by atoms with E-state index in [2.05, 4.69) is 154 Å². The second-order valence-corrected chi connectivity index (χ2v) is 24.7. The summed E-state index contributed by atoms with van der Waals surface area (Å²) in [5.74, 6) is 2.10. The number of Topliss-reactive ketones (excluding diaryl/α,β-unsaturated/α-hetero) is 1. The van der Waals surface area contributed by atoms with Gasteiger partial charge in [0.25, 0.3) is 0 Å². The molecule has 0 aromatic heterocycles. The van der Waals surface area contributed by atoms with E-state index in [0.717, 1.165) is 76.2 Å². The van der Waals surface area contributed by atoms with E-state index in [1.54, 1.807) is 14.0 Å². The highest BCUT2D eigenvalue weighted by Crippen LogP contribution is 2.77. The molecule has 8 nitrogen and oxygen atoms in total. The SMILES string of the molecule is CO[C@]12C=C[C@@]3(C[C@@H]1C(C)=O)[C@H]1Cc4ccc(C)c5c4[C@@]3(CCN1Cc1ccccc1)[C@H]2O5.CO[C@]12C=C[C@@]3(C[C@@H]1[C@](C)(O)C(C)(C)C)[C@H]1Cc4ccc(C)c5c4[C@@]3(CCN1Cc1ccccc1)[C@H]2O5. The van der Waals surface area contributed by atoms with Crippen molar-refractivity contribution in [2.45, 2.75) is 152 Å². The number of piperidine rings is 2. The van der Waals surface area contributed by atoms with Crippen molar-refractivity contribution in [1.82, 2.24) is 9.80 Å². The van der Waals surface area contributed by atoms with Crippen LogP contribution in [-0.2, 0) is 51.0 Å². The zero-order valence-corrected chi connectivity index (χ0v) is 42.8. The highest BCUT2D eigenvalue weighted by molar-refractivity contribution is 5.82. The molecule has 4 fully saturated rings. The lowest BCUT2D eigenvalue weighted by Crippen LogP contribution is -2.81. The Morgan fingerprint density at radius 3 is 1.57 bits per heavy atom. The molecule has 8 heteroatoms. The van der Waals surface area contributed by atoms with Gasteiger partial charge in [0.05, 0.1) is 22.3 Å². The van der Waals surface area contributed by atoms with Crippen molar-refractivity contribution in [3.63, 3.8) is 0 Å². The van der Waals surface area contributed by atoms with E-state index in [1.807, 2.05) is 14.0 Å². The molecule has 8 aliphatic carbocycles. The van der Waals surface area contributed by atoms with Gasteiger partial charge in [-0.1, -0.05) is 130 Å². The van der Waals surface area contributed by atoms with Crippen molar-refractivity contribution >= 4 is 5.78 Å². The molecule has 1 N–H and O–H groups in total. The number of aliphatic hydroxyl groups is 1. The maximum absolute atomic E-state index is 13.1. The average molecular weight is 941 g/mol. The molecule has 12 aliphatic rings. The van der Waals surface area contributed by atoms with Gasteiger partial charge in [0.15, 0.2) is 0 Å². The first-order valence-corrected chi connectivity index (χ1v) is 26.4. The first-order valence-electron chi connectivity index (χ1n) is 26.4. The summed E-state index contributed by atoms with van der Waals surface area (Å²) < 4.78 is 26.9. The van der Waals surface area contributed by atoms with Crippen molar-refractivity contribution in [2.75, 3.05) is 27.3 Å². The first-order chi connectivity index (χ1) is 33.5. The number of likely N-dealkylation sites (tertiary alicyclic amines) is 2. The number of fused-ring (bicyclic) bond motifs is 2. The van der Waals surface area contributed by atoms with E-state index in [-0.39, 0.29) is 56.9 Å². The monoisotopic (exact) mass is 941 g/mol. The molecule has 0 amide bonds. The summed E-state index contributed by atoms with van der Waals surface area (Å²) in [6.45, 7) is 18.6. The minimum absolute atomic E-state index is 0.0801. The summed E-state index contributed by atoms with van der Waals surface area (Å²) >= 11 is 0. The van der Waals surface area contributed by atoms with Crippen LogP contribution in [0.2, 0.25) is 0 Å². The van der Waals surface area contributed by atoms with Crippen LogP contribution in [0.25, 0.3) is 0 Å². The normalized spacial score (nSPS) is 39.0. The molecule has 2 saturated heterocycles. The van der Waals surface area contributed by atoms with E-state index in [1.165, 1.54) is 44.5 Å². The van der Waals surface area contributed by atoms with E-state index in [4.69, 9.17) is 18.9 Å². The van der Waals surface area contributed by atoms with Crippen LogP contribution in [0.15, 0.2) is 109 Å². The van der Waals surface area contributed by atoms with Crippen molar-refractivity contribution in [3.05, 3.63) is 154 Å². The number of rotatable bonds is 8. The Bertz CT molecular complexity index is 2890. The summed E-state index contributed by atoms with van der Waals surface area (Å²) in [7, 11) is 3.59. The molecule has 13 atom stereocenters. The molecule has 0 radical (unpaired) electrons. The second-order valence-electron chi connectivity index (χ2n) is 24.7. The predicted molar refractivity (Wildman–Crippen MR) is 272 cm³/mol. The summed E-state index contributed by atoms with van der Waals surface area (Å²) in [6.07, 6.45) is 15.1. The predicted octanol–water partition coefficient (Wildman–Crippen LogP) is 9.96. The number of carbonyl (C=O) groups is 1. The van der Waals surface area contributed by atoms with Crippen molar-refractivity contribution in [2.24, 2.45) is 28.1 Å². The largest absolute Gasteiger partial charge is 0.485 e. The van der Waals surface area contributed by atoms with Gasteiger partial charge in [0.2, 0.25) is 0 Å². The highest BCUT2D eigenvalue weighted by atomic mass is 16.6. The van der Waals surface area contributed by atoms with Crippen LogP contribution >= 0.6 is 0 Å². The third kappa shape index (κ3) is 5.28. The van der Waals surface area contributed by atoms with Crippen LogP contribution in [-0.4, -0.2) is 89.1 Å². The van der Waals surface area contributed by atoms with Crippen LogP contribution in [0.4, 0.5) is 0 Å². The molecule has 366 valence electrons. The van der Waals surface area contributed by atoms with Gasteiger partial charge in [-0.3, -0.25) is 14.6 Å². The Kier molecular flexibility index (Phi) is 9.57. The van der Waals surface area contributed by atoms with E-state index >= 15 is 0 Å². The van der Waals surface area contributed by atoms with Crippen molar-refractivity contribution in [1.29, 1.82) is 0 Å². The first kappa shape index (κ1) is 45.3. The van der Waals surface area contributed by atoms with E-state index in [9.17, 15) is 9.90 Å². The van der Waals surface area contributed by atoms with Crippen LogP contribution in [0.1, 0.15) is 105 Å². The van der Waals surface area contributed by atoms with Crippen LogP contribution in [0, 0.1) is 41.9 Å². The minimum atomic E-state index is -0.936. The second kappa shape index (κ2) is 14.8. The fourth-order valence-corrected chi connectivity index (χ4v) is 17.8. The maximum Gasteiger partial charge on any atom is 0.143 e. The Hall–Kier alpha value is -4.57. The van der Waals surface area contributed by atoms with Crippen LogP contribution in [0.3, 0.4) is 0 Å². The Morgan fingerprint density at radius 2 is 1.11 bits per heavy atom. The molecular formula is C62H72N2O6. The average Bonchev–Trinajstić information content (AvgIpc) is 3.92. The van der Waals surface area contributed by atoms with Gasteiger partial charge in [-0.15, -0.1) is 0 Å². The maximum atomic E-state index is 13.1. The van der Waals surface area contributed by atoms with Gasteiger partial charge >= 0.3 is 0 Å². The summed E-state index contributed by atoms with van der Waals surface area (Å²) in [4.78, 5) is 18.5. The molecule has 4 heterocycles. The molecular weight excluding hydrogens is 869 g/mol. The van der Waals surface area contributed by atoms with Gasteiger partial charge in [0, 0.05) is 67.3 Å². The van der Waals surface area contributed by atoms with Gasteiger partial charge < -0.3 is 24.1 Å². The summed E-state index contributed by atoms with van der Waals surface area (Å²) in [5.41, 5.74) is 7.78. The Balaban J connectivity index is 0.000000138. The van der Waals surface area contributed by atoms with E-state index in [0.29, 0.717) is 12.1 Å². The summed E-state index contributed by atoms with van der Waals surface area (Å²) in [5, 5.41) is 12.3. The number of hydrogen-bond acceptors (Lipinski definition) is 8. The van der Waals surface area contributed by atoms with Gasteiger partial charge in [0.1, 0.15) is 40.7 Å². The smallest absolute Gasteiger partial charge is 0.143 e. The number of hydrogen-bond donors (Lipinski definition) is 1. The lowest BCUT2D eigenvalue weighted by molar-refractivity contribution is -0.263. The summed E-state index contributed by atoms with van der Waals surface area (Å²) in [6, 6.07) is 31.6. The molecule has 4 aliphatic heterocycles. The molecule has 2 saturated carbocycles. The molecule has 0 unspecified atom stereocenters. The minimum Gasteiger partial charge on any atom is -0.485 e. The number of ketones is 1. The zero-order valence-electron chi connectivity index (χ0n) is 42.8.